The third-order valence-electron chi connectivity index (χ3n) is 5.61. The Kier molecular flexibility index (Phi) is 9.41. The summed E-state index contributed by atoms with van der Waals surface area (Å²) in [5, 5.41) is 2.98. The van der Waals surface area contributed by atoms with E-state index in [2.05, 4.69) is 5.32 Å². The third kappa shape index (κ3) is 8.25. The van der Waals surface area contributed by atoms with Gasteiger partial charge in [0.1, 0.15) is 17.6 Å². The van der Waals surface area contributed by atoms with E-state index < -0.39 is 6.04 Å². The summed E-state index contributed by atoms with van der Waals surface area (Å²) in [7, 11) is 0. The van der Waals surface area contributed by atoms with E-state index in [4.69, 9.17) is 4.74 Å². The predicted molar refractivity (Wildman–Crippen MR) is 135 cm³/mol. The Labute approximate surface area is 206 Å². The van der Waals surface area contributed by atoms with Gasteiger partial charge in [0.25, 0.3) is 5.91 Å². The van der Waals surface area contributed by atoms with Gasteiger partial charge in [-0.1, -0.05) is 74.0 Å². The van der Waals surface area contributed by atoms with Gasteiger partial charge in [0.2, 0.25) is 5.91 Å². The summed E-state index contributed by atoms with van der Waals surface area (Å²) in [5.41, 5.74) is 2.75. The molecule has 0 bridgehead atoms. The molecule has 0 spiro atoms. The van der Waals surface area contributed by atoms with E-state index in [0.717, 1.165) is 16.7 Å². The van der Waals surface area contributed by atoms with Gasteiger partial charge in [0, 0.05) is 19.5 Å². The summed E-state index contributed by atoms with van der Waals surface area (Å²) >= 11 is 0. The van der Waals surface area contributed by atoms with Gasteiger partial charge >= 0.3 is 0 Å². The highest BCUT2D eigenvalue weighted by Gasteiger charge is 2.30. The van der Waals surface area contributed by atoms with Crippen molar-refractivity contribution in [1.29, 1.82) is 0 Å². The highest BCUT2D eigenvalue weighted by Crippen LogP contribution is 2.17. The zero-order valence-corrected chi connectivity index (χ0v) is 20.5. The van der Waals surface area contributed by atoms with Crippen molar-refractivity contribution in [2.24, 2.45) is 5.92 Å². The average Bonchev–Trinajstić information content (AvgIpc) is 2.86. The molecule has 6 heteroatoms. The topological polar surface area (TPSA) is 58.6 Å². The van der Waals surface area contributed by atoms with Crippen LogP contribution in [0.1, 0.15) is 30.5 Å². The van der Waals surface area contributed by atoms with Crippen molar-refractivity contribution in [3.63, 3.8) is 0 Å². The van der Waals surface area contributed by atoms with Crippen molar-refractivity contribution in [1.82, 2.24) is 10.2 Å². The first-order chi connectivity index (χ1) is 16.8. The normalized spacial score (nSPS) is 11.7. The molecule has 1 N–H and O–H groups in total. The lowest BCUT2D eigenvalue weighted by molar-refractivity contribution is -0.142. The molecule has 5 nitrogen and oxygen atoms in total. The molecule has 0 heterocycles. The summed E-state index contributed by atoms with van der Waals surface area (Å²) in [6, 6.07) is 22.2. The van der Waals surface area contributed by atoms with Crippen LogP contribution in [0.2, 0.25) is 0 Å². The standard InChI is InChI=1S/C29H33FN2O3/c1-21(2)18-31-29(34)27(17-23-7-5-4-6-8-23)32(19-24-11-13-25(30)14-12-24)28(33)20-35-26-15-9-22(3)10-16-26/h4-16,21,27H,17-20H2,1-3H3,(H,31,34). The Morgan fingerprint density at radius 2 is 1.57 bits per heavy atom. The van der Waals surface area contributed by atoms with Crippen molar-refractivity contribution < 1.29 is 18.7 Å². The maximum absolute atomic E-state index is 13.5. The second-order valence-electron chi connectivity index (χ2n) is 9.09. The van der Waals surface area contributed by atoms with Crippen LogP contribution in [-0.4, -0.2) is 35.9 Å². The van der Waals surface area contributed by atoms with E-state index in [9.17, 15) is 14.0 Å². The first kappa shape index (κ1) is 25.9. The van der Waals surface area contributed by atoms with Crippen LogP contribution in [0.4, 0.5) is 4.39 Å². The zero-order valence-electron chi connectivity index (χ0n) is 20.5. The molecule has 35 heavy (non-hydrogen) atoms. The lowest BCUT2D eigenvalue weighted by Crippen LogP contribution is -2.52. The van der Waals surface area contributed by atoms with Gasteiger partial charge in [0.05, 0.1) is 0 Å². The van der Waals surface area contributed by atoms with Crippen molar-refractivity contribution >= 4 is 11.8 Å². The molecule has 0 aliphatic carbocycles. The van der Waals surface area contributed by atoms with Crippen molar-refractivity contribution in [2.45, 2.75) is 39.8 Å². The van der Waals surface area contributed by atoms with Crippen molar-refractivity contribution in [3.8, 4) is 5.75 Å². The van der Waals surface area contributed by atoms with Crippen LogP contribution in [0, 0.1) is 18.7 Å². The number of nitrogens with one attached hydrogen (secondary N) is 1. The Morgan fingerprint density at radius 3 is 2.20 bits per heavy atom. The molecule has 2 amide bonds. The summed E-state index contributed by atoms with van der Waals surface area (Å²) in [6.07, 6.45) is 0.349. The molecule has 184 valence electrons. The number of hydrogen-bond acceptors (Lipinski definition) is 3. The van der Waals surface area contributed by atoms with Crippen molar-refractivity contribution in [2.75, 3.05) is 13.2 Å². The molecule has 1 atom stereocenters. The maximum Gasteiger partial charge on any atom is 0.261 e. The van der Waals surface area contributed by atoms with Crippen LogP contribution in [0.25, 0.3) is 0 Å². The molecule has 0 aromatic heterocycles. The molecule has 0 aliphatic rings. The van der Waals surface area contributed by atoms with Crippen LogP contribution in [-0.2, 0) is 22.6 Å². The van der Waals surface area contributed by atoms with Crippen molar-refractivity contribution in [3.05, 3.63) is 101 Å². The van der Waals surface area contributed by atoms with Gasteiger partial charge < -0.3 is 15.0 Å². The highest BCUT2D eigenvalue weighted by atomic mass is 19.1. The van der Waals surface area contributed by atoms with Crippen LogP contribution in [0.15, 0.2) is 78.9 Å². The highest BCUT2D eigenvalue weighted by molar-refractivity contribution is 5.88. The van der Waals surface area contributed by atoms with E-state index >= 15 is 0 Å². The number of aryl methyl sites for hydroxylation is 1. The molecule has 0 saturated heterocycles. The second kappa shape index (κ2) is 12.7. The maximum atomic E-state index is 13.5. The predicted octanol–water partition coefficient (Wildman–Crippen LogP) is 4.93. The summed E-state index contributed by atoms with van der Waals surface area (Å²) in [4.78, 5) is 28.4. The fourth-order valence-corrected chi connectivity index (χ4v) is 3.63. The third-order valence-corrected chi connectivity index (χ3v) is 5.61. The van der Waals surface area contributed by atoms with Crippen LogP contribution >= 0.6 is 0 Å². The zero-order chi connectivity index (χ0) is 25.2. The van der Waals surface area contributed by atoms with E-state index in [0.29, 0.717) is 18.7 Å². The molecular weight excluding hydrogens is 443 g/mol. The lowest BCUT2D eigenvalue weighted by Gasteiger charge is -2.31. The van der Waals surface area contributed by atoms with Gasteiger partial charge in [-0.2, -0.15) is 0 Å². The Balaban J connectivity index is 1.88. The van der Waals surface area contributed by atoms with E-state index in [1.54, 1.807) is 12.1 Å². The van der Waals surface area contributed by atoms with Crippen LogP contribution < -0.4 is 10.1 Å². The number of nitrogens with zero attached hydrogens (tertiary/aromatic N) is 1. The summed E-state index contributed by atoms with van der Waals surface area (Å²) in [5.74, 6) is -0.0641. The van der Waals surface area contributed by atoms with Gasteiger partial charge in [0.15, 0.2) is 6.61 Å². The molecule has 3 aromatic carbocycles. The lowest BCUT2D eigenvalue weighted by atomic mass is 10.0. The molecule has 1 unspecified atom stereocenters. The largest absolute Gasteiger partial charge is 0.484 e. The van der Waals surface area contributed by atoms with Gasteiger partial charge in [-0.3, -0.25) is 9.59 Å². The Morgan fingerprint density at radius 1 is 0.914 bits per heavy atom. The van der Waals surface area contributed by atoms with E-state index in [-0.39, 0.29) is 36.7 Å². The minimum Gasteiger partial charge on any atom is -0.484 e. The number of halogens is 1. The minimum atomic E-state index is -0.754. The molecule has 0 aliphatic heterocycles. The quantitative estimate of drug-likeness (QED) is 0.427. The second-order valence-corrected chi connectivity index (χ2v) is 9.09. The number of hydrogen-bond donors (Lipinski definition) is 1. The molecule has 3 aromatic rings. The fraction of sp³-hybridized carbons (Fsp3) is 0.310. The number of benzene rings is 3. The smallest absolute Gasteiger partial charge is 0.261 e. The van der Waals surface area contributed by atoms with Gasteiger partial charge in [-0.25, -0.2) is 4.39 Å². The number of carbonyl (C=O) groups excluding carboxylic acids is 2. The van der Waals surface area contributed by atoms with Crippen LogP contribution in [0.3, 0.4) is 0 Å². The SMILES string of the molecule is Cc1ccc(OCC(=O)N(Cc2ccc(F)cc2)C(Cc2ccccc2)C(=O)NCC(C)C)cc1. The van der Waals surface area contributed by atoms with E-state index in [1.807, 2.05) is 75.4 Å². The molecule has 3 rings (SSSR count). The number of rotatable bonds is 11. The number of carbonyl (C=O) groups is 2. The monoisotopic (exact) mass is 476 g/mol. The van der Waals surface area contributed by atoms with E-state index in [1.165, 1.54) is 17.0 Å². The molecule has 0 radical (unpaired) electrons. The number of ether oxygens (including phenoxy) is 1. The molecule has 0 saturated carbocycles. The van der Waals surface area contributed by atoms with Crippen LogP contribution in [0.5, 0.6) is 5.75 Å². The molecular formula is C29H33FN2O3. The van der Waals surface area contributed by atoms with Gasteiger partial charge in [-0.15, -0.1) is 0 Å². The first-order valence-corrected chi connectivity index (χ1v) is 11.9. The minimum absolute atomic E-state index is 0.156. The Bertz CT molecular complexity index is 1080. The average molecular weight is 477 g/mol. The summed E-state index contributed by atoms with van der Waals surface area (Å²) in [6.45, 7) is 6.45. The van der Waals surface area contributed by atoms with Gasteiger partial charge in [-0.05, 0) is 48.2 Å². The molecule has 0 fully saturated rings. The fourth-order valence-electron chi connectivity index (χ4n) is 3.63. The number of amides is 2. The first-order valence-electron chi connectivity index (χ1n) is 11.9. The Hall–Kier alpha value is -3.67. The summed E-state index contributed by atoms with van der Waals surface area (Å²) < 4.78 is 19.3.